The van der Waals surface area contributed by atoms with Crippen LogP contribution in [0.1, 0.15) is 440 Å². The van der Waals surface area contributed by atoms with E-state index < -0.39 is 97.5 Å². The average molecular weight is 1510 g/mol. The van der Waals surface area contributed by atoms with E-state index in [0.29, 0.717) is 25.7 Å². The van der Waals surface area contributed by atoms with E-state index in [1.54, 1.807) is 0 Å². The maximum Gasteiger partial charge on any atom is 0.472 e. The number of rotatable bonds is 82. The number of carbonyl (C=O) groups is 4. The normalized spacial score (nSPS) is 13.9. The third-order valence-electron chi connectivity index (χ3n) is 19.6. The van der Waals surface area contributed by atoms with E-state index in [1.165, 1.54) is 250 Å². The number of aliphatic hydroxyl groups excluding tert-OH is 1. The molecular weight excluding hydrogens is 1340 g/mol. The van der Waals surface area contributed by atoms with Crippen molar-refractivity contribution in [2.45, 2.75) is 458 Å². The first kappa shape index (κ1) is 101. The standard InChI is InChI=1S/C84H164O17P2/c1-8-9-10-11-12-13-14-20-30-37-44-51-58-65-81(86)94-71-80(101-84(89)68-61-54-47-40-33-26-25-29-36-43-50-57-64-77(6)7)74-99-103(92,93)97-70-78(85)69-96-102(90,91)98-73-79(72-95-82(87)66-59-52-45-38-31-24-19-22-28-35-42-49-56-63-76(4)5)100-83(88)67-60-53-46-39-32-23-18-16-15-17-21-27-34-41-48-55-62-75(2)3/h75-80,85H,8-74H2,1-7H3,(H,90,91)(H,92,93)/t78-,79-,80-/m1/s1. The van der Waals surface area contributed by atoms with E-state index in [2.05, 4.69) is 48.5 Å². The number of carbonyl (C=O) groups excluding carboxylic acids is 4. The maximum absolute atomic E-state index is 13.1. The maximum atomic E-state index is 13.1. The zero-order valence-electron chi connectivity index (χ0n) is 67.8. The summed E-state index contributed by atoms with van der Waals surface area (Å²) in [5, 5.41) is 10.7. The SMILES string of the molecule is CCCCCCCCCCCCCCCC(=O)OC[C@H](COP(=O)(O)OC[C@H](O)COP(=O)(O)OC[C@@H](COC(=O)CCCCCCCCCCCCCCCC(C)C)OC(=O)CCCCCCCCCCCCCCCCCCC(C)C)OC(=O)CCCCCCCCCCCCCCC(C)C. The van der Waals surface area contributed by atoms with Gasteiger partial charge in [0.15, 0.2) is 12.2 Å². The summed E-state index contributed by atoms with van der Waals surface area (Å²) in [7, 11) is -9.93. The van der Waals surface area contributed by atoms with Crippen molar-refractivity contribution in [1.29, 1.82) is 0 Å². The zero-order valence-corrected chi connectivity index (χ0v) is 69.6. The highest BCUT2D eigenvalue weighted by Crippen LogP contribution is 2.45. The van der Waals surface area contributed by atoms with Crippen LogP contribution in [0, 0.1) is 17.8 Å². The second-order valence-electron chi connectivity index (χ2n) is 31.6. The van der Waals surface area contributed by atoms with Gasteiger partial charge in [-0.05, 0) is 43.4 Å². The summed E-state index contributed by atoms with van der Waals surface area (Å²) in [5.41, 5.74) is 0. The molecule has 0 saturated heterocycles. The molecule has 0 aromatic heterocycles. The van der Waals surface area contributed by atoms with Gasteiger partial charge >= 0.3 is 39.5 Å². The van der Waals surface area contributed by atoms with Crippen LogP contribution in [0.5, 0.6) is 0 Å². The molecule has 0 spiro atoms. The van der Waals surface area contributed by atoms with Crippen LogP contribution in [-0.4, -0.2) is 96.7 Å². The lowest BCUT2D eigenvalue weighted by atomic mass is 10.0. The Morgan fingerprint density at radius 1 is 0.262 bits per heavy atom. The van der Waals surface area contributed by atoms with Gasteiger partial charge in [-0.15, -0.1) is 0 Å². The van der Waals surface area contributed by atoms with E-state index in [0.717, 1.165) is 108 Å². The molecule has 17 nitrogen and oxygen atoms in total. The Kier molecular flexibility index (Phi) is 72.8. The molecule has 612 valence electrons. The Morgan fingerprint density at radius 3 is 0.660 bits per heavy atom. The molecule has 0 rings (SSSR count). The number of esters is 4. The van der Waals surface area contributed by atoms with Crippen molar-refractivity contribution in [1.82, 2.24) is 0 Å². The molecule has 0 aliphatic carbocycles. The predicted octanol–water partition coefficient (Wildman–Crippen LogP) is 25.3. The van der Waals surface area contributed by atoms with Crippen LogP contribution in [-0.2, 0) is 65.4 Å². The smallest absolute Gasteiger partial charge is 0.462 e. The molecule has 2 unspecified atom stereocenters. The van der Waals surface area contributed by atoms with Gasteiger partial charge in [0, 0.05) is 25.7 Å². The molecule has 0 aromatic carbocycles. The highest BCUT2D eigenvalue weighted by atomic mass is 31.2. The average Bonchev–Trinajstić information content (AvgIpc) is 0.940. The van der Waals surface area contributed by atoms with Crippen LogP contribution in [0.25, 0.3) is 0 Å². The van der Waals surface area contributed by atoms with Crippen LogP contribution in [0.15, 0.2) is 0 Å². The molecule has 5 atom stereocenters. The lowest BCUT2D eigenvalue weighted by molar-refractivity contribution is -0.161. The summed E-state index contributed by atoms with van der Waals surface area (Å²) in [6.45, 7) is 12.0. The van der Waals surface area contributed by atoms with Crippen LogP contribution < -0.4 is 0 Å². The largest absolute Gasteiger partial charge is 0.472 e. The molecular formula is C84H164O17P2. The third-order valence-corrected chi connectivity index (χ3v) is 21.5. The molecule has 19 heteroatoms. The molecule has 103 heavy (non-hydrogen) atoms. The van der Waals surface area contributed by atoms with Crippen molar-refractivity contribution in [3.8, 4) is 0 Å². The molecule has 0 fully saturated rings. The predicted molar refractivity (Wildman–Crippen MR) is 423 cm³/mol. The minimum Gasteiger partial charge on any atom is -0.462 e. The summed E-state index contributed by atoms with van der Waals surface area (Å²) in [5.74, 6) is 0.273. The Balaban J connectivity index is 5.27. The van der Waals surface area contributed by atoms with Gasteiger partial charge in [-0.25, -0.2) is 9.13 Å². The molecule has 0 heterocycles. The number of phosphoric ester groups is 2. The summed E-state index contributed by atoms with van der Waals surface area (Å²) >= 11 is 0. The van der Waals surface area contributed by atoms with Crippen molar-refractivity contribution in [3.05, 3.63) is 0 Å². The highest BCUT2D eigenvalue weighted by molar-refractivity contribution is 7.47. The first-order valence-electron chi connectivity index (χ1n) is 43.3. The Labute approximate surface area is 632 Å². The molecule has 3 N–H and O–H groups in total. The molecule has 0 aliphatic heterocycles. The van der Waals surface area contributed by atoms with Gasteiger partial charge in [0.05, 0.1) is 26.4 Å². The number of ether oxygens (including phenoxy) is 4. The number of aliphatic hydroxyl groups is 1. The molecule has 0 bridgehead atoms. The Hall–Kier alpha value is -1.94. The number of hydrogen-bond acceptors (Lipinski definition) is 15. The van der Waals surface area contributed by atoms with Crippen molar-refractivity contribution in [2.24, 2.45) is 17.8 Å². The number of phosphoric acid groups is 2. The monoisotopic (exact) mass is 1510 g/mol. The lowest BCUT2D eigenvalue weighted by Gasteiger charge is -2.21. The van der Waals surface area contributed by atoms with Crippen molar-refractivity contribution in [3.63, 3.8) is 0 Å². The molecule has 0 amide bonds. The zero-order chi connectivity index (χ0) is 75.8. The van der Waals surface area contributed by atoms with Gasteiger partial charge in [-0.1, -0.05) is 389 Å². The van der Waals surface area contributed by atoms with E-state index >= 15 is 0 Å². The van der Waals surface area contributed by atoms with Gasteiger partial charge in [0.2, 0.25) is 0 Å². The third kappa shape index (κ3) is 78.0. The highest BCUT2D eigenvalue weighted by Gasteiger charge is 2.30. The van der Waals surface area contributed by atoms with E-state index in [-0.39, 0.29) is 25.7 Å². The fourth-order valence-corrected chi connectivity index (χ4v) is 14.6. The Bertz CT molecular complexity index is 1990. The fourth-order valence-electron chi connectivity index (χ4n) is 13.0. The first-order valence-corrected chi connectivity index (χ1v) is 46.3. The first-order chi connectivity index (χ1) is 49.7. The number of unbranched alkanes of at least 4 members (excludes halogenated alkanes) is 50. The second-order valence-corrected chi connectivity index (χ2v) is 34.6. The van der Waals surface area contributed by atoms with Crippen LogP contribution in [0.2, 0.25) is 0 Å². The quantitative estimate of drug-likeness (QED) is 0.0222. The topological polar surface area (TPSA) is 237 Å². The van der Waals surface area contributed by atoms with Crippen LogP contribution in [0.3, 0.4) is 0 Å². The van der Waals surface area contributed by atoms with Crippen molar-refractivity contribution < 1.29 is 80.2 Å². The minimum absolute atomic E-state index is 0.107. The van der Waals surface area contributed by atoms with Crippen molar-refractivity contribution in [2.75, 3.05) is 39.6 Å². The van der Waals surface area contributed by atoms with Crippen LogP contribution >= 0.6 is 15.6 Å². The number of hydrogen-bond donors (Lipinski definition) is 3. The van der Waals surface area contributed by atoms with Gasteiger partial charge in [0.25, 0.3) is 0 Å². The summed E-state index contributed by atoms with van der Waals surface area (Å²) in [6.07, 6.45) is 63.7. The van der Waals surface area contributed by atoms with Crippen molar-refractivity contribution >= 4 is 39.5 Å². The van der Waals surface area contributed by atoms with E-state index in [1.807, 2.05) is 0 Å². The summed E-state index contributed by atoms with van der Waals surface area (Å²) in [4.78, 5) is 73.2. The Morgan fingerprint density at radius 2 is 0.447 bits per heavy atom. The van der Waals surface area contributed by atoms with Gasteiger partial charge < -0.3 is 33.8 Å². The molecule has 0 aromatic rings. The molecule has 0 saturated carbocycles. The van der Waals surface area contributed by atoms with E-state index in [4.69, 9.17) is 37.0 Å². The summed E-state index contributed by atoms with van der Waals surface area (Å²) in [6, 6.07) is 0. The van der Waals surface area contributed by atoms with Gasteiger partial charge in [-0.2, -0.15) is 0 Å². The van der Waals surface area contributed by atoms with E-state index in [9.17, 15) is 43.2 Å². The molecule has 0 aliphatic rings. The lowest BCUT2D eigenvalue weighted by Crippen LogP contribution is -2.30. The molecule has 0 radical (unpaired) electrons. The second kappa shape index (κ2) is 74.2. The minimum atomic E-state index is -4.96. The summed E-state index contributed by atoms with van der Waals surface area (Å²) < 4.78 is 68.9. The van der Waals surface area contributed by atoms with Gasteiger partial charge in [-0.3, -0.25) is 37.3 Å². The van der Waals surface area contributed by atoms with Crippen LogP contribution in [0.4, 0.5) is 0 Å². The van der Waals surface area contributed by atoms with Gasteiger partial charge in [0.1, 0.15) is 19.3 Å². The fraction of sp³-hybridized carbons (Fsp3) is 0.952.